The first-order chi connectivity index (χ1) is 14.1. The van der Waals surface area contributed by atoms with Gasteiger partial charge in [-0.15, -0.1) is 0 Å². The van der Waals surface area contributed by atoms with Crippen LogP contribution in [0.3, 0.4) is 0 Å². The zero-order valence-corrected chi connectivity index (χ0v) is 17.1. The molecular formula is C18H24N6O5S. The number of guanidine groups is 1. The number of rotatable bonds is 10. The third kappa shape index (κ3) is 6.24. The molecule has 0 aliphatic carbocycles. The Kier molecular flexibility index (Phi) is 7.42. The van der Waals surface area contributed by atoms with Gasteiger partial charge in [0.05, 0.1) is 5.75 Å². The molecule has 1 aromatic heterocycles. The highest BCUT2D eigenvalue weighted by atomic mass is 32.2. The van der Waals surface area contributed by atoms with E-state index in [1.165, 1.54) is 12.1 Å². The Morgan fingerprint density at radius 3 is 2.43 bits per heavy atom. The molecule has 0 aliphatic rings. The number of oxime groups is 1. The molecule has 162 valence electrons. The van der Waals surface area contributed by atoms with Gasteiger partial charge in [-0.1, -0.05) is 30.3 Å². The number of benzene rings is 1. The van der Waals surface area contributed by atoms with Gasteiger partial charge in [-0.05, 0) is 29.8 Å². The molecule has 0 saturated heterocycles. The van der Waals surface area contributed by atoms with E-state index in [2.05, 4.69) is 9.88 Å². The second-order valence-electron chi connectivity index (χ2n) is 6.47. The molecule has 1 unspecified atom stereocenters. The molecule has 1 aromatic carbocycles. The summed E-state index contributed by atoms with van der Waals surface area (Å²) in [4.78, 5) is 29.7. The molecule has 30 heavy (non-hydrogen) atoms. The van der Waals surface area contributed by atoms with Crippen LogP contribution in [0.1, 0.15) is 23.7 Å². The van der Waals surface area contributed by atoms with Gasteiger partial charge in [0.1, 0.15) is 18.3 Å². The van der Waals surface area contributed by atoms with Crippen molar-refractivity contribution in [2.45, 2.75) is 25.1 Å². The number of nitrogens with one attached hydrogen (secondary N) is 1. The van der Waals surface area contributed by atoms with Crippen LogP contribution in [-0.4, -0.2) is 31.5 Å². The Labute approximate surface area is 173 Å². The summed E-state index contributed by atoms with van der Waals surface area (Å²) in [6.07, 6.45) is -0.00687. The van der Waals surface area contributed by atoms with E-state index in [1.54, 1.807) is 37.3 Å². The summed E-state index contributed by atoms with van der Waals surface area (Å²) in [5, 5.41) is 3.34. The first-order valence-corrected chi connectivity index (χ1v) is 10.5. The summed E-state index contributed by atoms with van der Waals surface area (Å²) < 4.78 is 28.4. The second-order valence-corrected chi connectivity index (χ2v) is 8.19. The number of hydrogen-bond donors (Lipinski definition) is 4. The number of carbonyl (C=O) groups excluding carboxylic acids is 1. The molecule has 11 nitrogen and oxygen atoms in total. The van der Waals surface area contributed by atoms with E-state index in [9.17, 15) is 18.0 Å². The number of amides is 1. The number of carbonyl (C=O) groups is 1. The van der Waals surface area contributed by atoms with Gasteiger partial charge in [-0.2, -0.15) is 0 Å². The van der Waals surface area contributed by atoms with Crippen molar-refractivity contribution < 1.29 is 18.0 Å². The van der Waals surface area contributed by atoms with Crippen LogP contribution >= 0.6 is 0 Å². The molecule has 2 rings (SSSR count). The lowest BCUT2D eigenvalue weighted by Crippen LogP contribution is -2.37. The van der Waals surface area contributed by atoms with Crippen molar-refractivity contribution in [3.8, 4) is 0 Å². The number of anilines is 1. The lowest BCUT2D eigenvalue weighted by molar-refractivity contribution is -0.121. The quantitative estimate of drug-likeness (QED) is 0.171. The number of sulfonamides is 1. The maximum Gasteiger partial charge on any atom is 0.275 e. The fourth-order valence-electron chi connectivity index (χ4n) is 2.79. The minimum Gasteiger partial charge on any atom is -0.393 e. The second kappa shape index (κ2) is 9.78. The summed E-state index contributed by atoms with van der Waals surface area (Å²) in [5.41, 5.74) is 15.8. The highest BCUT2D eigenvalue weighted by molar-refractivity contribution is 7.91. The lowest BCUT2D eigenvalue weighted by Gasteiger charge is -2.20. The number of aromatic nitrogens is 1. The van der Waals surface area contributed by atoms with Crippen molar-refractivity contribution in [3.63, 3.8) is 0 Å². The summed E-state index contributed by atoms with van der Waals surface area (Å²) in [7, 11) is -3.87. The third-order valence-electron chi connectivity index (χ3n) is 4.08. The van der Waals surface area contributed by atoms with Crippen LogP contribution in [0, 0.1) is 6.92 Å². The molecule has 1 amide bonds. The number of primary amides is 1. The molecule has 0 spiro atoms. The largest absolute Gasteiger partial charge is 0.393 e. The summed E-state index contributed by atoms with van der Waals surface area (Å²) in [5.74, 6) is -1.40. The Bertz CT molecular complexity index is 1080. The standard InChI is InChI=1S/C18H24N6O5S/c1-12-7-8-14(23-30(27,28)11-13-5-3-2-4-6-13)17(26)24(12)15(16(19)25)9-10-29-22-18(20)21/h2-8,15,23H,9-11H2,1H3,(H2,19,25)(H4,20,21,22). The fourth-order valence-corrected chi connectivity index (χ4v) is 3.98. The van der Waals surface area contributed by atoms with E-state index >= 15 is 0 Å². The van der Waals surface area contributed by atoms with Crippen molar-refractivity contribution in [1.82, 2.24) is 4.57 Å². The highest BCUT2D eigenvalue weighted by Gasteiger charge is 2.23. The first kappa shape index (κ1) is 22.7. The topological polar surface area (TPSA) is 185 Å². The maximum atomic E-state index is 12.9. The van der Waals surface area contributed by atoms with Gasteiger partial charge in [-0.25, -0.2) is 8.42 Å². The van der Waals surface area contributed by atoms with E-state index < -0.39 is 27.5 Å². The third-order valence-corrected chi connectivity index (χ3v) is 5.32. The number of nitrogens with two attached hydrogens (primary N) is 3. The Morgan fingerprint density at radius 2 is 1.83 bits per heavy atom. The summed E-state index contributed by atoms with van der Waals surface area (Å²) >= 11 is 0. The monoisotopic (exact) mass is 436 g/mol. The van der Waals surface area contributed by atoms with Crippen LogP contribution < -0.4 is 27.5 Å². The van der Waals surface area contributed by atoms with Gasteiger partial charge >= 0.3 is 0 Å². The van der Waals surface area contributed by atoms with Crippen molar-refractivity contribution in [2.75, 3.05) is 11.3 Å². The average Bonchev–Trinajstić information content (AvgIpc) is 2.65. The number of nitrogens with zero attached hydrogens (tertiary/aromatic N) is 2. The molecule has 2 aromatic rings. The minimum atomic E-state index is -3.87. The summed E-state index contributed by atoms with van der Waals surface area (Å²) in [6, 6.07) is 10.3. The molecule has 1 atom stereocenters. The number of aryl methyl sites for hydroxylation is 1. The van der Waals surface area contributed by atoms with E-state index in [-0.39, 0.29) is 30.4 Å². The molecule has 0 radical (unpaired) electrons. The van der Waals surface area contributed by atoms with Gasteiger partial charge in [0, 0.05) is 12.1 Å². The van der Waals surface area contributed by atoms with Crippen molar-refractivity contribution in [1.29, 1.82) is 0 Å². The number of pyridine rings is 1. The Hall–Kier alpha value is -3.54. The molecule has 7 N–H and O–H groups in total. The Morgan fingerprint density at radius 1 is 1.17 bits per heavy atom. The highest BCUT2D eigenvalue weighted by Crippen LogP contribution is 2.16. The van der Waals surface area contributed by atoms with Crippen LogP contribution in [0.5, 0.6) is 0 Å². The van der Waals surface area contributed by atoms with Crippen LogP contribution in [0.2, 0.25) is 0 Å². The molecule has 0 fully saturated rings. The van der Waals surface area contributed by atoms with Crippen LogP contribution in [0.25, 0.3) is 0 Å². The number of hydrogen-bond acceptors (Lipinski definition) is 6. The van der Waals surface area contributed by atoms with E-state index in [1.807, 2.05) is 0 Å². The smallest absolute Gasteiger partial charge is 0.275 e. The van der Waals surface area contributed by atoms with E-state index in [0.717, 1.165) is 4.57 Å². The fraction of sp³-hybridized carbons (Fsp3) is 0.278. The zero-order valence-electron chi connectivity index (χ0n) is 16.3. The zero-order chi connectivity index (χ0) is 22.3. The van der Waals surface area contributed by atoms with E-state index in [4.69, 9.17) is 22.0 Å². The predicted octanol–water partition coefficient (Wildman–Crippen LogP) is -0.280. The summed E-state index contributed by atoms with van der Waals surface area (Å²) in [6.45, 7) is 1.50. The normalized spacial score (nSPS) is 12.0. The van der Waals surface area contributed by atoms with Gasteiger partial charge in [0.25, 0.3) is 5.56 Å². The molecule has 0 bridgehead atoms. The van der Waals surface area contributed by atoms with Gasteiger partial charge in [0.2, 0.25) is 21.9 Å². The van der Waals surface area contributed by atoms with Gasteiger partial charge in [-0.3, -0.25) is 18.9 Å². The molecule has 1 heterocycles. The van der Waals surface area contributed by atoms with Crippen LogP contribution in [0.4, 0.5) is 5.69 Å². The minimum absolute atomic E-state index is 0.00687. The maximum absolute atomic E-state index is 12.9. The molecule has 12 heteroatoms. The van der Waals surface area contributed by atoms with Gasteiger partial charge in [0.15, 0.2) is 0 Å². The van der Waals surface area contributed by atoms with Crippen molar-refractivity contribution >= 4 is 27.6 Å². The van der Waals surface area contributed by atoms with Crippen LogP contribution in [0.15, 0.2) is 52.4 Å². The Balaban J connectivity index is 2.29. The predicted molar refractivity (Wildman–Crippen MR) is 113 cm³/mol. The molecule has 0 saturated carbocycles. The molecule has 0 aliphatic heterocycles. The first-order valence-electron chi connectivity index (χ1n) is 8.87. The average molecular weight is 436 g/mol. The molecular weight excluding hydrogens is 412 g/mol. The van der Waals surface area contributed by atoms with E-state index in [0.29, 0.717) is 11.3 Å². The van der Waals surface area contributed by atoms with Crippen LogP contribution in [-0.2, 0) is 25.4 Å². The van der Waals surface area contributed by atoms with Gasteiger partial charge < -0.3 is 22.0 Å². The van der Waals surface area contributed by atoms with Crippen molar-refractivity contribution in [2.24, 2.45) is 22.4 Å². The van der Waals surface area contributed by atoms with Crippen molar-refractivity contribution in [3.05, 3.63) is 64.1 Å². The lowest BCUT2D eigenvalue weighted by atomic mass is 10.1. The SMILES string of the molecule is Cc1ccc(NS(=O)(=O)Cc2ccccc2)c(=O)n1C(CCON=C(N)N)C(N)=O.